The maximum absolute atomic E-state index is 11.3. The van der Waals surface area contributed by atoms with Crippen molar-refractivity contribution in [1.82, 2.24) is 9.97 Å². The monoisotopic (exact) mass is 217 g/mol. The molecule has 1 unspecified atom stereocenters. The number of H-pyrrole nitrogens is 2. The summed E-state index contributed by atoms with van der Waals surface area (Å²) in [4.78, 5) is 27.6. The lowest BCUT2D eigenvalue weighted by atomic mass is 10.1. The van der Waals surface area contributed by atoms with E-state index < -0.39 is 11.1 Å². The van der Waals surface area contributed by atoms with Crippen LogP contribution >= 0.6 is 0 Å². The number of rotatable bonds is 0. The van der Waals surface area contributed by atoms with Crippen LogP contribution in [0.4, 0.5) is 0 Å². The SMILES string of the molecule is NC1Cc2ccc3[nH]c(=O)c(=O)[nH]c3c2C1. The van der Waals surface area contributed by atoms with Crippen LogP contribution in [0, 0.1) is 0 Å². The standard InChI is InChI=1S/C11H11N3O2/c12-6-3-5-1-2-8-9(7(5)4-6)14-11(16)10(15)13-8/h1-2,6H,3-4,12H2,(H,13,15)(H,14,16). The van der Waals surface area contributed by atoms with Crippen LogP contribution in [0.15, 0.2) is 21.7 Å². The lowest BCUT2D eigenvalue weighted by molar-refractivity contribution is 0.722. The van der Waals surface area contributed by atoms with Crippen LogP contribution in [0.25, 0.3) is 11.0 Å². The van der Waals surface area contributed by atoms with Crippen LogP contribution < -0.4 is 16.9 Å². The van der Waals surface area contributed by atoms with Gasteiger partial charge < -0.3 is 15.7 Å². The first kappa shape index (κ1) is 9.35. The van der Waals surface area contributed by atoms with Crippen molar-refractivity contribution in [3.05, 3.63) is 44.0 Å². The largest absolute Gasteiger partial charge is 0.327 e. The highest BCUT2D eigenvalue weighted by atomic mass is 16.2. The van der Waals surface area contributed by atoms with Crippen molar-refractivity contribution < 1.29 is 0 Å². The third-order valence-corrected chi connectivity index (χ3v) is 3.05. The van der Waals surface area contributed by atoms with Gasteiger partial charge >= 0.3 is 11.1 Å². The predicted molar refractivity (Wildman–Crippen MR) is 60.6 cm³/mol. The van der Waals surface area contributed by atoms with Crippen molar-refractivity contribution in [2.45, 2.75) is 18.9 Å². The zero-order valence-corrected chi connectivity index (χ0v) is 8.54. The zero-order valence-electron chi connectivity index (χ0n) is 8.54. The van der Waals surface area contributed by atoms with E-state index in [9.17, 15) is 9.59 Å². The van der Waals surface area contributed by atoms with Gasteiger partial charge in [-0.05, 0) is 30.0 Å². The molecule has 0 aliphatic heterocycles. The summed E-state index contributed by atoms with van der Waals surface area (Å²) >= 11 is 0. The average molecular weight is 217 g/mol. The first-order valence-corrected chi connectivity index (χ1v) is 5.18. The van der Waals surface area contributed by atoms with E-state index >= 15 is 0 Å². The Morgan fingerprint density at radius 3 is 2.69 bits per heavy atom. The third kappa shape index (κ3) is 1.22. The summed E-state index contributed by atoms with van der Waals surface area (Å²) in [5.41, 5.74) is 8.25. The second kappa shape index (κ2) is 3.05. The van der Waals surface area contributed by atoms with Crippen LogP contribution in [0.5, 0.6) is 0 Å². The maximum atomic E-state index is 11.3. The van der Waals surface area contributed by atoms with Crippen molar-refractivity contribution in [1.29, 1.82) is 0 Å². The van der Waals surface area contributed by atoms with Gasteiger partial charge in [0.25, 0.3) is 0 Å². The number of fused-ring (bicyclic) bond motifs is 3. The first-order chi connectivity index (χ1) is 7.65. The van der Waals surface area contributed by atoms with Gasteiger partial charge in [0.2, 0.25) is 0 Å². The van der Waals surface area contributed by atoms with Crippen molar-refractivity contribution in [2.75, 3.05) is 0 Å². The highest BCUT2D eigenvalue weighted by molar-refractivity contribution is 5.79. The summed E-state index contributed by atoms with van der Waals surface area (Å²) in [6, 6.07) is 3.87. The average Bonchev–Trinajstić information content (AvgIpc) is 2.61. The van der Waals surface area contributed by atoms with E-state index in [1.807, 2.05) is 12.1 Å². The van der Waals surface area contributed by atoms with Gasteiger partial charge in [-0.15, -0.1) is 0 Å². The van der Waals surface area contributed by atoms with Gasteiger partial charge in [-0.2, -0.15) is 0 Å². The number of hydrogen-bond acceptors (Lipinski definition) is 3. The van der Waals surface area contributed by atoms with Gasteiger partial charge in [-0.1, -0.05) is 6.07 Å². The molecule has 1 aliphatic carbocycles. The molecule has 0 radical (unpaired) electrons. The molecule has 1 aromatic carbocycles. The minimum absolute atomic E-state index is 0.107. The number of nitrogens with one attached hydrogen (secondary N) is 2. The molecule has 0 saturated carbocycles. The van der Waals surface area contributed by atoms with Crippen molar-refractivity contribution >= 4 is 11.0 Å². The fourth-order valence-electron chi connectivity index (χ4n) is 2.33. The third-order valence-electron chi connectivity index (χ3n) is 3.05. The van der Waals surface area contributed by atoms with Crippen molar-refractivity contribution in [2.24, 2.45) is 5.73 Å². The van der Waals surface area contributed by atoms with Gasteiger partial charge in [0, 0.05) is 6.04 Å². The Morgan fingerprint density at radius 2 is 1.88 bits per heavy atom. The van der Waals surface area contributed by atoms with E-state index in [0.29, 0.717) is 5.52 Å². The smallest absolute Gasteiger partial charge is 0.314 e. The van der Waals surface area contributed by atoms with Crippen LogP contribution in [0.2, 0.25) is 0 Å². The Bertz CT molecular complexity index is 684. The summed E-state index contributed by atoms with van der Waals surface area (Å²) in [6.45, 7) is 0. The van der Waals surface area contributed by atoms with E-state index in [0.717, 1.165) is 29.5 Å². The van der Waals surface area contributed by atoms with Crippen LogP contribution in [-0.4, -0.2) is 16.0 Å². The highest BCUT2D eigenvalue weighted by Crippen LogP contribution is 2.26. The Labute approximate surface area is 90.3 Å². The number of hydrogen-bond donors (Lipinski definition) is 3. The number of aromatic nitrogens is 2. The summed E-state index contributed by atoms with van der Waals surface area (Å²) in [5.74, 6) is 0. The molecule has 2 aromatic rings. The Morgan fingerprint density at radius 1 is 1.12 bits per heavy atom. The molecule has 1 aliphatic rings. The van der Waals surface area contributed by atoms with Crippen LogP contribution in [0.3, 0.4) is 0 Å². The summed E-state index contributed by atoms with van der Waals surface area (Å²) < 4.78 is 0. The minimum atomic E-state index is -0.616. The summed E-state index contributed by atoms with van der Waals surface area (Å²) in [6.07, 6.45) is 1.57. The molecule has 1 atom stereocenters. The molecule has 0 amide bonds. The second-order valence-corrected chi connectivity index (χ2v) is 4.20. The molecule has 3 rings (SSSR count). The molecular weight excluding hydrogens is 206 g/mol. The van der Waals surface area contributed by atoms with Crippen LogP contribution in [0.1, 0.15) is 11.1 Å². The van der Waals surface area contributed by atoms with Crippen molar-refractivity contribution in [3.8, 4) is 0 Å². The molecule has 0 saturated heterocycles. The molecule has 4 N–H and O–H groups in total. The van der Waals surface area contributed by atoms with E-state index in [2.05, 4.69) is 9.97 Å². The fourth-order valence-corrected chi connectivity index (χ4v) is 2.33. The fraction of sp³-hybridized carbons (Fsp3) is 0.273. The van der Waals surface area contributed by atoms with E-state index in [1.54, 1.807) is 0 Å². The van der Waals surface area contributed by atoms with Gasteiger partial charge in [-0.3, -0.25) is 9.59 Å². The quantitative estimate of drug-likeness (QED) is 0.526. The summed E-state index contributed by atoms with van der Waals surface area (Å²) in [7, 11) is 0. The molecule has 16 heavy (non-hydrogen) atoms. The maximum Gasteiger partial charge on any atom is 0.314 e. The first-order valence-electron chi connectivity index (χ1n) is 5.18. The van der Waals surface area contributed by atoms with E-state index in [4.69, 9.17) is 5.73 Å². The number of aromatic amines is 2. The summed E-state index contributed by atoms with van der Waals surface area (Å²) in [5, 5.41) is 0. The second-order valence-electron chi connectivity index (χ2n) is 4.20. The zero-order chi connectivity index (χ0) is 11.3. The molecular formula is C11H11N3O2. The predicted octanol–water partition coefficient (Wildman–Crippen LogP) is -0.358. The Hall–Kier alpha value is -1.88. The lowest BCUT2D eigenvalue weighted by Crippen LogP contribution is -2.29. The van der Waals surface area contributed by atoms with E-state index in [1.165, 1.54) is 0 Å². The van der Waals surface area contributed by atoms with E-state index in [-0.39, 0.29) is 6.04 Å². The molecule has 1 heterocycles. The number of benzene rings is 1. The molecule has 1 aromatic heterocycles. The van der Waals surface area contributed by atoms with Crippen molar-refractivity contribution in [3.63, 3.8) is 0 Å². The molecule has 0 spiro atoms. The molecule has 0 bridgehead atoms. The normalized spacial score (nSPS) is 18.9. The lowest BCUT2D eigenvalue weighted by Gasteiger charge is -2.03. The Kier molecular flexibility index (Phi) is 1.79. The number of nitrogens with two attached hydrogens (primary N) is 1. The highest BCUT2D eigenvalue weighted by Gasteiger charge is 2.20. The molecule has 5 nitrogen and oxygen atoms in total. The van der Waals surface area contributed by atoms with Gasteiger partial charge in [-0.25, -0.2) is 0 Å². The molecule has 5 heteroatoms. The minimum Gasteiger partial charge on any atom is -0.327 e. The van der Waals surface area contributed by atoms with Gasteiger partial charge in [0.15, 0.2) is 0 Å². The van der Waals surface area contributed by atoms with Gasteiger partial charge in [0.05, 0.1) is 11.0 Å². The molecule has 0 fully saturated rings. The van der Waals surface area contributed by atoms with Crippen LogP contribution in [-0.2, 0) is 12.8 Å². The molecule has 82 valence electrons. The Balaban J connectivity index is 2.42. The van der Waals surface area contributed by atoms with Gasteiger partial charge in [0.1, 0.15) is 0 Å². The topological polar surface area (TPSA) is 91.7 Å².